The van der Waals surface area contributed by atoms with E-state index in [-0.39, 0.29) is 18.0 Å². The van der Waals surface area contributed by atoms with Crippen LogP contribution in [0.5, 0.6) is 17.2 Å². The van der Waals surface area contributed by atoms with Crippen molar-refractivity contribution in [2.75, 3.05) is 18.3 Å². The largest absolute Gasteiger partial charge is 0.494 e. The number of anilines is 1. The van der Waals surface area contributed by atoms with E-state index in [0.29, 0.717) is 35.1 Å². The molecule has 2 aliphatic rings. The number of hydrogen-bond acceptors (Lipinski definition) is 8. The maximum atomic E-state index is 13.8. The number of sulfone groups is 1. The van der Waals surface area contributed by atoms with Crippen molar-refractivity contribution < 1.29 is 32.3 Å². The van der Waals surface area contributed by atoms with Crippen LogP contribution in [0.3, 0.4) is 0 Å². The quantitative estimate of drug-likeness (QED) is 0.275. The number of hydrogen-bond donors (Lipinski definition) is 0. The van der Waals surface area contributed by atoms with Crippen LogP contribution in [0.4, 0.5) is 11.4 Å². The molecule has 0 aromatic heterocycles. The summed E-state index contributed by atoms with van der Waals surface area (Å²) in [5.41, 5.74) is 0.547. The molecule has 0 saturated carbocycles. The molecule has 0 unspecified atom stereocenters. The lowest BCUT2D eigenvalue weighted by Crippen LogP contribution is -2.29. The van der Waals surface area contributed by atoms with E-state index >= 15 is 0 Å². The molecule has 2 heterocycles. The van der Waals surface area contributed by atoms with Crippen molar-refractivity contribution in [2.45, 2.75) is 12.3 Å². The third-order valence-corrected chi connectivity index (χ3v) is 7.73. The summed E-state index contributed by atoms with van der Waals surface area (Å²) in [6.07, 6.45) is 1.28. The number of ether oxygens (including phenoxy) is 3. The van der Waals surface area contributed by atoms with Crippen LogP contribution in [0.25, 0.3) is 6.08 Å². The zero-order valence-electron chi connectivity index (χ0n) is 19.0. The van der Waals surface area contributed by atoms with E-state index < -0.39 is 30.9 Å². The molecule has 11 heteroatoms. The van der Waals surface area contributed by atoms with E-state index in [1.165, 1.54) is 30.3 Å². The number of nitrogens with zero attached hydrogens (tertiary/aromatic N) is 2. The molecule has 5 rings (SSSR count). The number of non-ortho nitro benzene ring substituents is 1. The topological polar surface area (TPSA) is 125 Å². The fourth-order valence-electron chi connectivity index (χ4n) is 4.15. The summed E-state index contributed by atoms with van der Waals surface area (Å²) < 4.78 is 43.7. The van der Waals surface area contributed by atoms with Gasteiger partial charge in [0.2, 0.25) is 16.6 Å². The van der Waals surface area contributed by atoms with E-state index in [1.54, 1.807) is 42.5 Å². The van der Waals surface area contributed by atoms with Crippen molar-refractivity contribution in [3.63, 3.8) is 0 Å². The van der Waals surface area contributed by atoms with E-state index in [9.17, 15) is 23.3 Å². The Labute approximate surface area is 206 Å². The number of nitro benzene ring substituents is 1. The van der Waals surface area contributed by atoms with Gasteiger partial charge in [-0.2, -0.15) is 0 Å². The van der Waals surface area contributed by atoms with Crippen LogP contribution >= 0.6 is 0 Å². The first-order valence-corrected chi connectivity index (χ1v) is 12.5. The standard InChI is InChI=1S/C25H20N2O8S/c1-2-33-20-9-7-18(8-10-20)26-24(28)23(13-16-6-11-21-22(12-16)35-15-34-21)36(31,32)25(26)17-4-3-5-19(14-17)27(29)30/h3-14,25H,2,15H2,1H3/b23-13+/t25-/m0/s1. The zero-order valence-corrected chi connectivity index (χ0v) is 19.8. The van der Waals surface area contributed by atoms with Gasteiger partial charge in [0, 0.05) is 17.8 Å². The molecule has 0 bridgehead atoms. The number of rotatable bonds is 6. The molecule has 0 spiro atoms. The number of carbonyl (C=O) groups excluding carboxylic acids is 1. The molecule has 36 heavy (non-hydrogen) atoms. The van der Waals surface area contributed by atoms with E-state index in [4.69, 9.17) is 14.2 Å². The predicted molar refractivity (Wildman–Crippen MR) is 130 cm³/mol. The van der Waals surface area contributed by atoms with Gasteiger partial charge in [0.15, 0.2) is 16.9 Å². The third kappa shape index (κ3) is 4.03. The van der Waals surface area contributed by atoms with Crippen molar-refractivity contribution in [2.24, 2.45) is 0 Å². The van der Waals surface area contributed by atoms with Gasteiger partial charge in [-0.25, -0.2) is 8.42 Å². The maximum Gasteiger partial charge on any atom is 0.271 e. The summed E-state index contributed by atoms with van der Waals surface area (Å²) in [6, 6.07) is 16.5. The van der Waals surface area contributed by atoms with Crippen LogP contribution in [-0.4, -0.2) is 32.6 Å². The fraction of sp³-hybridized carbons (Fsp3) is 0.160. The zero-order chi connectivity index (χ0) is 25.4. The normalized spacial score (nSPS) is 19.0. The van der Waals surface area contributed by atoms with Gasteiger partial charge in [-0.05, 0) is 60.5 Å². The van der Waals surface area contributed by atoms with E-state index in [1.807, 2.05) is 6.92 Å². The monoisotopic (exact) mass is 508 g/mol. The van der Waals surface area contributed by atoms with E-state index in [0.717, 1.165) is 4.90 Å². The van der Waals surface area contributed by atoms with Crippen LogP contribution in [0.2, 0.25) is 0 Å². The van der Waals surface area contributed by atoms with Crippen molar-refractivity contribution >= 4 is 33.2 Å². The maximum absolute atomic E-state index is 13.8. The Morgan fingerprint density at radius 3 is 2.56 bits per heavy atom. The minimum absolute atomic E-state index is 0.0486. The lowest BCUT2D eigenvalue weighted by atomic mass is 10.1. The van der Waals surface area contributed by atoms with Crippen LogP contribution in [0, 0.1) is 10.1 Å². The van der Waals surface area contributed by atoms with Crippen LogP contribution in [0.15, 0.2) is 71.6 Å². The predicted octanol–water partition coefficient (Wildman–Crippen LogP) is 4.22. The molecule has 0 N–H and O–H groups in total. The molecular formula is C25H20N2O8S. The summed E-state index contributed by atoms with van der Waals surface area (Å²) in [5, 5.41) is 9.87. The molecule has 1 saturated heterocycles. The smallest absolute Gasteiger partial charge is 0.271 e. The molecule has 184 valence electrons. The van der Waals surface area contributed by atoms with Gasteiger partial charge < -0.3 is 14.2 Å². The highest BCUT2D eigenvalue weighted by Crippen LogP contribution is 2.45. The number of amides is 1. The molecule has 3 aromatic carbocycles. The average molecular weight is 509 g/mol. The Morgan fingerprint density at radius 2 is 1.83 bits per heavy atom. The summed E-state index contributed by atoms with van der Waals surface area (Å²) in [7, 11) is -4.29. The van der Waals surface area contributed by atoms with Crippen molar-refractivity contribution in [3.8, 4) is 17.2 Å². The second kappa shape index (κ2) is 9.00. The molecule has 3 aromatic rings. The molecule has 1 amide bonds. The van der Waals surface area contributed by atoms with Gasteiger partial charge in [0.25, 0.3) is 11.6 Å². The summed E-state index contributed by atoms with van der Waals surface area (Å²) >= 11 is 0. The second-order valence-electron chi connectivity index (χ2n) is 7.97. The van der Waals surface area contributed by atoms with Gasteiger partial charge >= 0.3 is 0 Å². The summed E-state index contributed by atoms with van der Waals surface area (Å²) in [4.78, 5) is 25.1. The Hall–Kier alpha value is -4.38. The lowest BCUT2D eigenvalue weighted by molar-refractivity contribution is -0.384. The Morgan fingerprint density at radius 1 is 1.08 bits per heavy atom. The molecular weight excluding hydrogens is 488 g/mol. The van der Waals surface area contributed by atoms with Crippen LogP contribution in [0.1, 0.15) is 23.4 Å². The molecule has 0 radical (unpaired) electrons. The van der Waals surface area contributed by atoms with Gasteiger partial charge in [-0.3, -0.25) is 19.8 Å². The Balaban J connectivity index is 1.65. The third-order valence-electron chi connectivity index (χ3n) is 5.75. The van der Waals surface area contributed by atoms with Crippen molar-refractivity contribution in [1.29, 1.82) is 0 Å². The number of benzene rings is 3. The summed E-state index contributed by atoms with van der Waals surface area (Å²) in [5.74, 6) is 0.751. The van der Waals surface area contributed by atoms with Crippen LogP contribution in [-0.2, 0) is 14.6 Å². The number of fused-ring (bicyclic) bond motifs is 1. The molecule has 10 nitrogen and oxygen atoms in total. The molecule has 0 aliphatic carbocycles. The van der Waals surface area contributed by atoms with Crippen LogP contribution < -0.4 is 19.1 Å². The second-order valence-corrected chi connectivity index (χ2v) is 9.95. The molecule has 1 atom stereocenters. The first kappa shape index (κ1) is 23.4. The summed E-state index contributed by atoms with van der Waals surface area (Å²) in [6.45, 7) is 2.32. The van der Waals surface area contributed by atoms with Crippen molar-refractivity contribution in [1.82, 2.24) is 0 Å². The Bertz CT molecular complexity index is 1500. The fourth-order valence-corrected chi connectivity index (χ4v) is 6.03. The van der Waals surface area contributed by atoms with Crippen molar-refractivity contribution in [3.05, 3.63) is 92.9 Å². The highest BCUT2D eigenvalue weighted by atomic mass is 32.2. The first-order valence-electron chi connectivity index (χ1n) is 11.0. The van der Waals surface area contributed by atoms with E-state index in [2.05, 4.69) is 0 Å². The average Bonchev–Trinajstić information content (AvgIpc) is 3.41. The van der Waals surface area contributed by atoms with Gasteiger partial charge in [0.1, 0.15) is 10.7 Å². The highest BCUT2D eigenvalue weighted by Gasteiger charge is 2.50. The highest BCUT2D eigenvalue weighted by molar-refractivity contribution is 7.97. The Kier molecular flexibility index (Phi) is 5.84. The van der Waals surface area contributed by atoms with Gasteiger partial charge in [-0.15, -0.1) is 0 Å². The minimum atomic E-state index is -4.29. The molecule has 2 aliphatic heterocycles. The first-order chi connectivity index (χ1) is 17.3. The number of nitro groups is 1. The number of carbonyl (C=O) groups is 1. The van der Waals surface area contributed by atoms with Gasteiger partial charge in [0.05, 0.1) is 11.5 Å². The minimum Gasteiger partial charge on any atom is -0.494 e. The van der Waals surface area contributed by atoms with Gasteiger partial charge in [-0.1, -0.05) is 18.2 Å². The molecule has 1 fully saturated rings. The SMILES string of the molecule is CCOc1ccc(N2C(=O)/C(=C\c3ccc4c(c3)OCO4)S(=O)(=O)[C@H]2c2cccc([N+](=O)[O-])c2)cc1. The lowest BCUT2D eigenvalue weighted by Gasteiger charge is -2.23.